The number of amides is 1. The molecule has 4 nitrogen and oxygen atoms in total. The fraction of sp³-hybridized carbons (Fsp3) is 0.429. The van der Waals surface area contributed by atoms with Crippen molar-refractivity contribution in [3.8, 4) is 0 Å². The second-order valence-electron chi connectivity index (χ2n) is 4.48. The van der Waals surface area contributed by atoms with Crippen LogP contribution in [0.1, 0.15) is 25.8 Å². The van der Waals surface area contributed by atoms with Crippen LogP contribution in [0.4, 0.5) is 0 Å². The van der Waals surface area contributed by atoms with E-state index in [0.29, 0.717) is 5.02 Å². The molecule has 19 heavy (non-hydrogen) atoms. The number of carbonyl (C=O) groups is 2. The van der Waals surface area contributed by atoms with E-state index >= 15 is 0 Å². The van der Waals surface area contributed by atoms with Crippen molar-refractivity contribution in [1.82, 2.24) is 4.90 Å². The minimum absolute atomic E-state index is 0.0871. The van der Waals surface area contributed by atoms with E-state index in [0.717, 1.165) is 12.0 Å². The molecule has 5 heteroatoms. The van der Waals surface area contributed by atoms with Gasteiger partial charge in [0.05, 0.1) is 6.42 Å². The summed E-state index contributed by atoms with van der Waals surface area (Å²) in [5.74, 6) is -1.18. The fourth-order valence-corrected chi connectivity index (χ4v) is 1.86. The number of nitrogens with zero attached hydrogens (tertiary/aromatic N) is 1. The van der Waals surface area contributed by atoms with Crippen molar-refractivity contribution >= 4 is 23.5 Å². The molecule has 1 atom stereocenters. The molecule has 0 spiro atoms. The van der Waals surface area contributed by atoms with Crippen LogP contribution >= 0.6 is 11.6 Å². The van der Waals surface area contributed by atoms with E-state index in [1.54, 1.807) is 24.3 Å². The third-order valence-electron chi connectivity index (χ3n) is 3.02. The smallest absolute Gasteiger partial charge is 0.323 e. The zero-order chi connectivity index (χ0) is 14.4. The number of benzene rings is 1. The summed E-state index contributed by atoms with van der Waals surface area (Å²) in [5, 5.41) is 9.48. The van der Waals surface area contributed by atoms with Gasteiger partial charge in [-0.25, -0.2) is 0 Å². The lowest BCUT2D eigenvalue weighted by atomic mass is 10.1. The molecule has 0 aliphatic carbocycles. The average molecular weight is 284 g/mol. The molecule has 0 aliphatic heterocycles. The molecule has 1 unspecified atom stereocenters. The highest BCUT2D eigenvalue weighted by atomic mass is 35.5. The first-order chi connectivity index (χ1) is 8.93. The largest absolute Gasteiger partial charge is 0.480 e. The van der Waals surface area contributed by atoms with Crippen LogP contribution in [0.2, 0.25) is 5.02 Å². The Morgan fingerprint density at radius 2 is 1.89 bits per heavy atom. The van der Waals surface area contributed by atoms with E-state index in [2.05, 4.69) is 0 Å². The molecule has 0 saturated carbocycles. The van der Waals surface area contributed by atoms with Crippen molar-refractivity contribution in [3.63, 3.8) is 0 Å². The van der Waals surface area contributed by atoms with Crippen LogP contribution in [0.25, 0.3) is 0 Å². The molecule has 1 amide bonds. The molecule has 1 N–H and O–H groups in total. The summed E-state index contributed by atoms with van der Waals surface area (Å²) in [6.07, 6.45) is 0.911. The molecule has 0 aliphatic rings. The van der Waals surface area contributed by atoms with Crippen LogP contribution in [0.15, 0.2) is 24.3 Å². The van der Waals surface area contributed by atoms with Crippen molar-refractivity contribution in [2.75, 3.05) is 6.54 Å². The Kier molecular flexibility index (Phi) is 5.83. The maximum Gasteiger partial charge on any atom is 0.323 e. The second kappa shape index (κ2) is 7.14. The van der Waals surface area contributed by atoms with Crippen molar-refractivity contribution < 1.29 is 14.7 Å². The Labute approximate surface area is 118 Å². The summed E-state index contributed by atoms with van der Waals surface area (Å²) >= 11 is 5.78. The van der Waals surface area contributed by atoms with Gasteiger partial charge in [0, 0.05) is 11.1 Å². The quantitative estimate of drug-likeness (QED) is 0.873. The number of hydrogen-bond acceptors (Lipinski definition) is 2. The lowest BCUT2D eigenvalue weighted by Gasteiger charge is -2.27. The number of aliphatic carboxylic acids is 1. The zero-order valence-electron chi connectivity index (χ0n) is 11.1. The Morgan fingerprint density at radius 3 is 2.37 bits per heavy atom. The molecule has 0 bridgehead atoms. The van der Waals surface area contributed by atoms with Gasteiger partial charge in [-0.3, -0.25) is 9.59 Å². The number of carbonyl (C=O) groups excluding carboxylic acids is 1. The van der Waals surface area contributed by atoms with Gasteiger partial charge in [-0.2, -0.15) is 0 Å². The number of carboxylic acids is 1. The molecule has 0 heterocycles. The van der Waals surface area contributed by atoms with Crippen molar-refractivity contribution in [2.45, 2.75) is 32.7 Å². The van der Waals surface area contributed by atoms with Crippen LogP contribution < -0.4 is 0 Å². The highest BCUT2D eigenvalue weighted by molar-refractivity contribution is 6.30. The standard InChI is InChI=1S/C14H18ClNO3/c1-3-10(2)16(9-14(18)19)13(17)8-11-4-6-12(15)7-5-11/h4-7,10H,3,8-9H2,1-2H3,(H,18,19). The van der Waals surface area contributed by atoms with Gasteiger partial charge < -0.3 is 10.0 Å². The molecule has 0 aromatic heterocycles. The van der Waals surface area contributed by atoms with E-state index in [4.69, 9.17) is 16.7 Å². The highest BCUT2D eigenvalue weighted by Gasteiger charge is 2.21. The highest BCUT2D eigenvalue weighted by Crippen LogP contribution is 2.12. The van der Waals surface area contributed by atoms with Crippen LogP contribution in [-0.2, 0) is 16.0 Å². The van der Waals surface area contributed by atoms with Gasteiger partial charge in [0.2, 0.25) is 5.91 Å². The molecule has 0 fully saturated rings. The SMILES string of the molecule is CCC(C)N(CC(=O)O)C(=O)Cc1ccc(Cl)cc1. The second-order valence-corrected chi connectivity index (χ2v) is 4.91. The number of halogens is 1. The van der Waals surface area contributed by atoms with E-state index < -0.39 is 5.97 Å². The van der Waals surface area contributed by atoms with E-state index in [9.17, 15) is 9.59 Å². The van der Waals surface area contributed by atoms with Gasteiger partial charge in [0.1, 0.15) is 6.54 Å². The van der Waals surface area contributed by atoms with Gasteiger partial charge in [-0.15, -0.1) is 0 Å². The molecule has 1 rings (SSSR count). The summed E-state index contributed by atoms with van der Waals surface area (Å²) in [6, 6.07) is 6.89. The Hall–Kier alpha value is -1.55. The average Bonchev–Trinajstić information content (AvgIpc) is 2.37. The summed E-state index contributed by atoms with van der Waals surface area (Å²) in [5.41, 5.74) is 0.827. The monoisotopic (exact) mass is 283 g/mol. The van der Waals surface area contributed by atoms with Crippen LogP contribution in [0, 0.1) is 0 Å². The Bertz CT molecular complexity index is 445. The predicted molar refractivity (Wildman–Crippen MR) is 74.3 cm³/mol. The third-order valence-corrected chi connectivity index (χ3v) is 3.27. The molecule has 1 aromatic rings. The van der Waals surface area contributed by atoms with Crippen molar-refractivity contribution in [2.24, 2.45) is 0 Å². The van der Waals surface area contributed by atoms with Gasteiger partial charge in [0.25, 0.3) is 0 Å². The summed E-state index contributed by atoms with van der Waals surface area (Å²) in [4.78, 5) is 24.4. The normalized spacial score (nSPS) is 11.9. The number of carboxylic acid groups (broad SMARTS) is 1. The van der Waals surface area contributed by atoms with Gasteiger partial charge in [-0.1, -0.05) is 30.7 Å². The van der Waals surface area contributed by atoms with Crippen LogP contribution in [0.5, 0.6) is 0 Å². The molecule has 0 saturated heterocycles. The summed E-state index contributed by atoms with van der Waals surface area (Å²) in [7, 11) is 0. The van der Waals surface area contributed by atoms with Gasteiger partial charge in [-0.05, 0) is 31.0 Å². The first kappa shape index (κ1) is 15.5. The topological polar surface area (TPSA) is 57.6 Å². The van der Waals surface area contributed by atoms with E-state index in [-0.39, 0.29) is 24.9 Å². The predicted octanol–water partition coefficient (Wildman–Crippen LogP) is 2.59. The molecular weight excluding hydrogens is 266 g/mol. The first-order valence-corrected chi connectivity index (χ1v) is 6.57. The maximum atomic E-state index is 12.2. The Morgan fingerprint density at radius 1 is 1.32 bits per heavy atom. The minimum atomic E-state index is -0.996. The first-order valence-electron chi connectivity index (χ1n) is 6.19. The van der Waals surface area contributed by atoms with E-state index in [1.807, 2.05) is 13.8 Å². The lowest BCUT2D eigenvalue weighted by Crippen LogP contribution is -2.42. The van der Waals surface area contributed by atoms with E-state index in [1.165, 1.54) is 4.90 Å². The van der Waals surface area contributed by atoms with Gasteiger partial charge >= 0.3 is 5.97 Å². The van der Waals surface area contributed by atoms with Crippen LogP contribution in [0.3, 0.4) is 0 Å². The van der Waals surface area contributed by atoms with Crippen molar-refractivity contribution in [3.05, 3.63) is 34.9 Å². The minimum Gasteiger partial charge on any atom is -0.480 e. The zero-order valence-corrected chi connectivity index (χ0v) is 11.9. The maximum absolute atomic E-state index is 12.2. The number of rotatable bonds is 6. The Balaban J connectivity index is 2.76. The number of hydrogen-bond donors (Lipinski definition) is 1. The van der Waals surface area contributed by atoms with Crippen LogP contribution in [-0.4, -0.2) is 34.5 Å². The summed E-state index contributed by atoms with van der Waals surface area (Å²) < 4.78 is 0. The molecule has 104 valence electrons. The van der Waals surface area contributed by atoms with Gasteiger partial charge in [0.15, 0.2) is 0 Å². The molecular formula is C14H18ClNO3. The van der Waals surface area contributed by atoms with Crippen molar-refractivity contribution in [1.29, 1.82) is 0 Å². The molecule has 0 radical (unpaired) electrons. The summed E-state index contributed by atoms with van der Waals surface area (Å²) in [6.45, 7) is 3.51. The lowest BCUT2D eigenvalue weighted by molar-refractivity contribution is -0.145. The third kappa shape index (κ3) is 4.91. The fourth-order valence-electron chi connectivity index (χ4n) is 1.73. The molecule has 1 aromatic carbocycles.